The van der Waals surface area contributed by atoms with E-state index in [4.69, 9.17) is 0 Å². The Labute approximate surface area is 179 Å². The van der Waals surface area contributed by atoms with Crippen LogP contribution in [-0.4, -0.2) is 11.2 Å². The van der Waals surface area contributed by atoms with Crippen LogP contribution in [0.15, 0.2) is 35.5 Å². The first-order chi connectivity index (χ1) is 13.7. The normalized spacial score (nSPS) is 44.0. The van der Waals surface area contributed by atoms with Crippen LogP contribution in [0, 0.1) is 46.3 Å². The Morgan fingerprint density at radius 1 is 0.931 bits per heavy atom. The molecule has 0 saturated heterocycles. The Morgan fingerprint density at radius 3 is 2.41 bits per heavy atom. The Morgan fingerprint density at radius 2 is 1.69 bits per heavy atom. The van der Waals surface area contributed by atoms with Gasteiger partial charge >= 0.3 is 0 Å². The average molecular weight is 397 g/mol. The Balaban J connectivity index is 1.57. The van der Waals surface area contributed by atoms with Crippen LogP contribution in [0.5, 0.6) is 0 Å². The van der Waals surface area contributed by atoms with Crippen LogP contribution < -0.4 is 0 Å². The Kier molecular flexibility index (Phi) is 5.69. The molecule has 1 N–H and O–H groups in total. The van der Waals surface area contributed by atoms with Gasteiger partial charge in [-0.15, -0.1) is 0 Å². The molecule has 8 atom stereocenters. The van der Waals surface area contributed by atoms with Gasteiger partial charge in [0, 0.05) is 0 Å². The molecule has 0 heterocycles. The number of aliphatic hydroxyl groups is 1. The molecule has 0 radical (unpaired) electrons. The summed E-state index contributed by atoms with van der Waals surface area (Å²) in [5, 5.41) is 10.2. The van der Waals surface area contributed by atoms with E-state index in [2.05, 4.69) is 65.8 Å². The summed E-state index contributed by atoms with van der Waals surface area (Å²) < 4.78 is 0. The van der Waals surface area contributed by atoms with Gasteiger partial charge in [0.25, 0.3) is 0 Å². The van der Waals surface area contributed by atoms with E-state index in [0.29, 0.717) is 22.7 Å². The SMILES string of the molecule is CC(C)[C@@H](C)C=C[C@H](C)[C@H]1CC[C@H]2C3=CC=C4C[C@@H](O)CC[C@]4(C)[C@@H]3CC[C@]12C. The van der Waals surface area contributed by atoms with Crippen molar-refractivity contribution in [3.63, 3.8) is 0 Å². The van der Waals surface area contributed by atoms with Crippen LogP contribution in [0.25, 0.3) is 0 Å². The van der Waals surface area contributed by atoms with E-state index in [0.717, 1.165) is 36.5 Å². The first kappa shape index (κ1) is 21.4. The molecule has 0 aromatic carbocycles. The van der Waals surface area contributed by atoms with Crippen LogP contribution in [0.1, 0.15) is 86.5 Å². The van der Waals surface area contributed by atoms with Gasteiger partial charge in [-0.05, 0) is 91.3 Å². The molecule has 162 valence electrons. The molecule has 0 unspecified atom stereocenters. The molecule has 4 aliphatic carbocycles. The summed E-state index contributed by atoms with van der Waals surface area (Å²) in [6.07, 6.45) is 18.4. The van der Waals surface area contributed by atoms with E-state index < -0.39 is 0 Å². The zero-order valence-electron chi connectivity index (χ0n) is 19.7. The minimum Gasteiger partial charge on any atom is -0.393 e. The lowest BCUT2D eigenvalue weighted by Crippen LogP contribution is -2.46. The maximum absolute atomic E-state index is 10.2. The highest BCUT2D eigenvalue weighted by atomic mass is 16.3. The summed E-state index contributed by atoms with van der Waals surface area (Å²) in [6, 6.07) is 0. The van der Waals surface area contributed by atoms with Crippen LogP contribution in [0.3, 0.4) is 0 Å². The van der Waals surface area contributed by atoms with Crippen LogP contribution in [0.4, 0.5) is 0 Å². The Hall–Kier alpha value is -0.820. The summed E-state index contributed by atoms with van der Waals surface area (Å²) >= 11 is 0. The number of rotatable bonds is 4. The predicted octanol–water partition coefficient (Wildman–Crippen LogP) is 7.33. The van der Waals surface area contributed by atoms with E-state index in [1.807, 2.05) is 0 Å². The van der Waals surface area contributed by atoms with Crippen LogP contribution >= 0.6 is 0 Å². The van der Waals surface area contributed by atoms with Gasteiger partial charge in [-0.25, -0.2) is 0 Å². The second-order valence-electron chi connectivity index (χ2n) is 11.9. The van der Waals surface area contributed by atoms with Crippen molar-refractivity contribution in [3.05, 3.63) is 35.5 Å². The molecule has 1 heteroatoms. The number of hydrogen-bond donors (Lipinski definition) is 1. The number of hydrogen-bond acceptors (Lipinski definition) is 1. The van der Waals surface area contributed by atoms with Gasteiger partial charge in [0.15, 0.2) is 0 Å². The van der Waals surface area contributed by atoms with E-state index >= 15 is 0 Å². The molecular weight excluding hydrogens is 352 g/mol. The maximum atomic E-state index is 10.2. The minimum absolute atomic E-state index is 0.116. The second kappa shape index (κ2) is 7.70. The van der Waals surface area contributed by atoms with Crippen molar-refractivity contribution in [2.45, 2.75) is 92.6 Å². The van der Waals surface area contributed by atoms with Gasteiger partial charge in [0.05, 0.1) is 6.10 Å². The van der Waals surface area contributed by atoms with E-state index in [1.54, 1.807) is 5.57 Å². The summed E-state index contributed by atoms with van der Waals surface area (Å²) in [6.45, 7) is 14.6. The van der Waals surface area contributed by atoms with Gasteiger partial charge in [0.1, 0.15) is 0 Å². The minimum atomic E-state index is -0.116. The number of fused-ring (bicyclic) bond motifs is 5. The van der Waals surface area contributed by atoms with Crippen molar-refractivity contribution in [1.29, 1.82) is 0 Å². The molecule has 1 nitrogen and oxygen atoms in total. The third-order valence-corrected chi connectivity index (χ3v) is 10.0. The number of allylic oxidation sites excluding steroid dienone is 5. The predicted molar refractivity (Wildman–Crippen MR) is 123 cm³/mol. The molecule has 0 spiro atoms. The molecule has 0 aliphatic heterocycles. The van der Waals surface area contributed by atoms with Crippen molar-refractivity contribution >= 4 is 0 Å². The molecule has 0 aromatic rings. The lowest BCUT2D eigenvalue weighted by molar-refractivity contribution is 0.0382. The van der Waals surface area contributed by atoms with Gasteiger partial charge in [-0.2, -0.15) is 0 Å². The van der Waals surface area contributed by atoms with E-state index in [-0.39, 0.29) is 6.10 Å². The standard InChI is InChI=1S/C28H44O/c1-18(2)19(3)7-8-20(4)24-11-12-25-23-10-9-21-17-22(29)13-15-27(21,5)26(23)14-16-28(24,25)6/h7-10,18-20,22,24-26,29H,11-17H2,1-6H3/t19-,20-,22-,24+,25-,26+,27-,28+/m0/s1. The number of aliphatic hydroxyl groups excluding tert-OH is 1. The first-order valence-electron chi connectivity index (χ1n) is 12.4. The quantitative estimate of drug-likeness (QED) is 0.493. The van der Waals surface area contributed by atoms with Crippen molar-refractivity contribution in [1.82, 2.24) is 0 Å². The molecule has 0 bridgehead atoms. The summed E-state index contributed by atoms with van der Waals surface area (Å²) in [5.74, 6) is 4.38. The molecule has 4 rings (SSSR count). The van der Waals surface area contributed by atoms with Gasteiger partial charge in [-0.3, -0.25) is 0 Å². The Bertz CT molecular complexity index is 712. The van der Waals surface area contributed by atoms with Crippen molar-refractivity contribution in [3.8, 4) is 0 Å². The lowest BCUT2D eigenvalue weighted by atomic mass is 9.50. The fourth-order valence-corrected chi connectivity index (χ4v) is 7.59. The van der Waals surface area contributed by atoms with Crippen LogP contribution in [-0.2, 0) is 0 Å². The fourth-order valence-electron chi connectivity index (χ4n) is 7.59. The smallest absolute Gasteiger partial charge is 0.0578 e. The maximum Gasteiger partial charge on any atom is 0.0578 e. The molecule has 4 aliphatic rings. The van der Waals surface area contributed by atoms with Gasteiger partial charge < -0.3 is 5.11 Å². The molecule has 3 fully saturated rings. The molecule has 0 aromatic heterocycles. The largest absolute Gasteiger partial charge is 0.393 e. The third-order valence-electron chi connectivity index (χ3n) is 10.0. The molecular formula is C28H44O. The zero-order valence-corrected chi connectivity index (χ0v) is 19.7. The zero-order chi connectivity index (χ0) is 21.0. The highest BCUT2D eigenvalue weighted by Gasteiger charge is 2.56. The topological polar surface area (TPSA) is 20.2 Å². The third kappa shape index (κ3) is 3.50. The second-order valence-corrected chi connectivity index (χ2v) is 11.9. The highest BCUT2D eigenvalue weighted by Crippen LogP contribution is 2.65. The van der Waals surface area contributed by atoms with Crippen molar-refractivity contribution < 1.29 is 5.11 Å². The monoisotopic (exact) mass is 396 g/mol. The molecule has 3 saturated carbocycles. The van der Waals surface area contributed by atoms with Crippen LogP contribution in [0.2, 0.25) is 0 Å². The van der Waals surface area contributed by atoms with Gasteiger partial charge in [-0.1, -0.05) is 77.0 Å². The first-order valence-corrected chi connectivity index (χ1v) is 12.4. The lowest BCUT2D eigenvalue weighted by Gasteiger charge is -2.55. The van der Waals surface area contributed by atoms with Gasteiger partial charge in [0.2, 0.25) is 0 Å². The summed E-state index contributed by atoms with van der Waals surface area (Å²) in [5.41, 5.74) is 4.07. The summed E-state index contributed by atoms with van der Waals surface area (Å²) in [7, 11) is 0. The summed E-state index contributed by atoms with van der Waals surface area (Å²) in [4.78, 5) is 0. The highest BCUT2D eigenvalue weighted by molar-refractivity contribution is 5.39. The van der Waals surface area contributed by atoms with E-state index in [1.165, 1.54) is 37.7 Å². The van der Waals surface area contributed by atoms with Crippen molar-refractivity contribution in [2.24, 2.45) is 46.3 Å². The molecule has 0 amide bonds. The average Bonchev–Trinajstić information content (AvgIpc) is 3.03. The van der Waals surface area contributed by atoms with Crippen molar-refractivity contribution in [2.75, 3.05) is 0 Å². The van der Waals surface area contributed by atoms with E-state index in [9.17, 15) is 5.11 Å². The molecule has 29 heavy (non-hydrogen) atoms. The fraction of sp³-hybridized carbons (Fsp3) is 0.786.